The summed E-state index contributed by atoms with van der Waals surface area (Å²) in [7, 11) is -0.728. The average Bonchev–Trinajstić information content (AvgIpc) is 3.39. The van der Waals surface area contributed by atoms with Crippen LogP contribution in [0.15, 0.2) is 40.5 Å². The Morgan fingerprint density at radius 2 is 2.06 bits per heavy atom. The standard InChI is InChI=1S/C21H28N4O6S2/c1-14-13-22-21(32-14)23-20(27)19(24-31-17-7-6-16(26)12-17)15-4-8-18(9-5-15)33(28,29)25(2)10-11-30-3/h4-5,8-9,13,16-17,26H,6-7,10-12H2,1-3H3,(H,22,23,27)/t16-,17-/m1/s1. The van der Waals surface area contributed by atoms with E-state index in [0.29, 0.717) is 30.0 Å². The molecule has 1 fully saturated rings. The van der Waals surface area contributed by atoms with Gasteiger partial charge in [0.1, 0.15) is 6.10 Å². The van der Waals surface area contributed by atoms with Crippen LogP contribution in [0, 0.1) is 6.92 Å². The van der Waals surface area contributed by atoms with E-state index >= 15 is 0 Å². The van der Waals surface area contributed by atoms with Gasteiger partial charge in [0.05, 0.1) is 17.6 Å². The second-order valence-electron chi connectivity index (χ2n) is 7.71. The molecule has 1 aromatic heterocycles. The number of amides is 1. The molecule has 0 spiro atoms. The lowest BCUT2D eigenvalue weighted by atomic mass is 10.1. The number of sulfonamides is 1. The number of nitrogens with zero attached hydrogens (tertiary/aromatic N) is 3. The number of thiazole rings is 1. The molecule has 2 aromatic rings. The maximum absolute atomic E-state index is 13.0. The number of methoxy groups -OCH3 is 1. The Morgan fingerprint density at radius 1 is 1.33 bits per heavy atom. The minimum Gasteiger partial charge on any atom is -0.393 e. The summed E-state index contributed by atoms with van der Waals surface area (Å²) in [5.74, 6) is -0.532. The van der Waals surface area contributed by atoms with Crippen LogP contribution < -0.4 is 5.32 Å². The van der Waals surface area contributed by atoms with Gasteiger partial charge in [-0.15, -0.1) is 11.3 Å². The van der Waals surface area contributed by atoms with Crippen LogP contribution in [-0.2, 0) is 24.4 Å². The number of aryl methyl sites for hydroxylation is 1. The van der Waals surface area contributed by atoms with Gasteiger partial charge in [-0.25, -0.2) is 13.4 Å². The molecule has 2 N–H and O–H groups in total. The van der Waals surface area contributed by atoms with Gasteiger partial charge in [-0.05, 0) is 31.9 Å². The molecule has 3 rings (SSSR count). The van der Waals surface area contributed by atoms with E-state index in [1.165, 1.54) is 54.1 Å². The molecular formula is C21H28N4O6S2. The first-order chi connectivity index (χ1) is 15.7. The molecule has 1 aliphatic rings. The number of aromatic nitrogens is 1. The van der Waals surface area contributed by atoms with Crippen molar-refractivity contribution < 1.29 is 27.9 Å². The fraction of sp³-hybridized carbons (Fsp3) is 0.476. The first-order valence-electron chi connectivity index (χ1n) is 10.4. The van der Waals surface area contributed by atoms with Crippen LogP contribution in [0.2, 0.25) is 0 Å². The zero-order chi connectivity index (χ0) is 24.0. The Balaban J connectivity index is 1.83. The first kappa shape index (κ1) is 25.2. The number of nitrogens with one attached hydrogen (secondary N) is 1. The van der Waals surface area contributed by atoms with Crippen LogP contribution >= 0.6 is 11.3 Å². The lowest BCUT2D eigenvalue weighted by molar-refractivity contribution is -0.110. The third-order valence-corrected chi connectivity index (χ3v) is 7.85. The third-order valence-electron chi connectivity index (χ3n) is 5.15. The van der Waals surface area contributed by atoms with E-state index < -0.39 is 22.0 Å². The van der Waals surface area contributed by atoms with E-state index in [4.69, 9.17) is 9.57 Å². The lowest BCUT2D eigenvalue weighted by Crippen LogP contribution is -2.30. The number of benzene rings is 1. The molecule has 1 aromatic carbocycles. The molecule has 2 atom stereocenters. The van der Waals surface area contributed by atoms with E-state index in [0.717, 1.165) is 4.88 Å². The molecule has 33 heavy (non-hydrogen) atoms. The summed E-state index contributed by atoms with van der Waals surface area (Å²) >= 11 is 1.32. The summed E-state index contributed by atoms with van der Waals surface area (Å²) in [4.78, 5) is 23.7. The van der Waals surface area contributed by atoms with E-state index in [9.17, 15) is 18.3 Å². The largest absolute Gasteiger partial charge is 0.393 e. The number of likely N-dealkylation sites (N-methyl/N-ethyl adjacent to an activating group) is 1. The highest BCUT2D eigenvalue weighted by Crippen LogP contribution is 2.23. The van der Waals surface area contributed by atoms with Crippen LogP contribution in [-0.4, -0.2) is 73.9 Å². The number of oxime groups is 1. The van der Waals surface area contributed by atoms with Gasteiger partial charge < -0.3 is 14.7 Å². The topological polar surface area (TPSA) is 130 Å². The SMILES string of the molecule is COCCN(C)S(=O)(=O)c1ccc(C(=NO[C@@H]2CC[C@@H](O)C2)C(=O)Nc2ncc(C)s2)cc1. The summed E-state index contributed by atoms with van der Waals surface area (Å²) in [6.45, 7) is 2.36. The average molecular weight is 497 g/mol. The maximum atomic E-state index is 13.0. The second kappa shape index (κ2) is 11.2. The van der Waals surface area contributed by atoms with Gasteiger partial charge in [-0.1, -0.05) is 17.3 Å². The van der Waals surface area contributed by atoms with Crippen LogP contribution in [0.25, 0.3) is 0 Å². The number of carbonyl (C=O) groups is 1. The number of carbonyl (C=O) groups excluding carboxylic acids is 1. The number of anilines is 1. The van der Waals surface area contributed by atoms with Crippen LogP contribution in [0.4, 0.5) is 5.13 Å². The highest BCUT2D eigenvalue weighted by Gasteiger charge is 2.26. The number of hydrogen-bond donors (Lipinski definition) is 2. The van der Waals surface area contributed by atoms with Gasteiger partial charge >= 0.3 is 0 Å². The minimum absolute atomic E-state index is 0.0130. The highest BCUT2D eigenvalue weighted by atomic mass is 32.2. The van der Waals surface area contributed by atoms with Crippen molar-refractivity contribution in [3.05, 3.63) is 40.9 Å². The van der Waals surface area contributed by atoms with Gasteiger partial charge in [-0.2, -0.15) is 4.31 Å². The zero-order valence-electron chi connectivity index (χ0n) is 18.7. The fourth-order valence-corrected chi connectivity index (χ4v) is 5.05. The van der Waals surface area contributed by atoms with E-state index in [-0.39, 0.29) is 29.9 Å². The monoisotopic (exact) mass is 496 g/mol. The normalized spacial score (nSPS) is 19.1. The smallest absolute Gasteiger partial charge is 0.280 e. The van der Waals surface area contributed by atoms with Crippen molar-refractivity contribution in [1.29, 1.82) is 0 Å². The molecule has 0 radical (unpaired) electrons. The van der Waals surface area contributed by atoms with Crippen LogP contribution in [0.3, 0.4) is 0 Å². The summed E-state index contributed by atoms with van der Waals surface area (Å²) in [6.07, 6.45) is 2.60. The quantitative estimate of drug-likeness (QED) is 0.380. The third kappa shape index (κ3) is 6.58. The number of ether oxygens (including phenoxy) is 1. The van der Waals surface area contributed by atoms with Crippen molar-refractivity contribution in [3.63, 3.8) is 0 Å². The molecule has 12 heteroatoms. The zero-order valence-corrected chi connectivity index (χ0v) is 20.4. The Bertz CT molecular complexity index is 1080. The number of aliphatic hydroxyl groups excluding tert-OH is 1. The van der Waals surface area contributed by atoms with Crippen LogP contribution in [0.1, 0.15) is 29.7 Å². The van der Waals surface area contributed by atoms with Crippen molar-refractivity contribution in [2.24, 2.45) is 5.16 Å². The van der Waals surface area contributed by atoms with E-state index in [2.05, 4.69) is 15.5 Å². The molecule has 0 bridgehead atoms. The second-order valence-corrected chi connectivity index (χ2v) is 11.0. The molecule has 0 aliphatic heterocycles. The molecule has 1 amide bonds. The molecular weight excluding hydrogens is 468 g/mol. The van der Waals surface area contributed by atoms with Crippen molar-refractivity contribution in [1.82, 2.24) is 9.29 Å². The molecule has 1 heterocycles. The molecule has 1 aliphatic carbocycles. The maximum Gasteiger partial charge on any atom is 0.280 e. The minimum atomic E-state index is -3.71. The summed E-state index contributed by atoms with van der Waals surface area (Å²) in [5.41, 5.74) is 0.374. The molecule has 10 nitrogen and oxygen atoms in total. The molecule has 180 valence electrons. The Hall–Kier alpha value is -2.38. The van der Waals surface area contributed by atoms with Crippen LogP contribution in [0.5, 0.6) is 0 Å². The summed E-state index contributed by atoms with van der Waals surface area (Å²) in [6, 6.07) is 5.86. The van der Waals surface area contributed by atoms with Gasteiger partial charge in [0, 0.05) is 43.8 Å². The fourth-order valence-electron chi connectivity index (χ4n) is 3.24. The molecule has 0 unspecified atom stereocenters. The van der Waals surface area contributed by atoms with Crippen molar-refractivity contribution >= 4 is 38.1 Å². The Morgan fingerprint density at radius 3 is 2.64 bits per heavy atom. The number of hydrogen-bond acceptors (Lipinski definition) is 9. The van der Waals surface area contributed by atoms with Crippen molar-refractivity contribution in [3.8, 4) is 0 Å². The van der Waals surface area contributed by atoms with Crippen molar-refractivity contribution in [2.45, 2.75) is 43.3 Å². The number of rotatable bonds is 10. The number of aliphatic hydroxyl groups is 1. The summed E-state index contributed by atoms with van der Waals surface area (Å²) < 4.78 is 31.6. The predicted octanol–water partition coefficient (Wildman–Crippen LogP) is 1.99. The summed E-state index contributed by atoms with van der Waals surface area (Å²) in [5, 5.41) is 16.9. The predicted molar refractivity (Wildman–Crippen MR) is 125 cm³/mol. The Labute approximate surface area is 197 Å². The molecule has 0 saturated heterocycles. The van der Waals surface area contributed by atoms with Gasteiger partial charge in [0.25, 0.3) is 5.91 Å². The van der Waals surface area contributed by atoms with Crippen molar-refractivity contribution in [2.75, 3.05) is 32.6 Å². The highest BCUT2D eigenvalue weighted by molar-refractivity contribution is 7.89. The van der Waals surface area contributed by atoms with E-state index in [1.54, 1.807) is 6.20 Å². The lowest BCUT2D eigenvalue weighted by Gasteiger charge is -2.17. The molecule has 1 saturated carbocycles. The van der Waals surface area contributed by atoms with Gasteiger partial charge in [-0.3, -0.25) is 10.1 Å². The van der Waals surface area contributed by atoms with E-state index in [1.807, 2.05) is 6.92 Å². The van der Waals surface area contributed by atoms with Gasteiger partial charge in [0.2, 0.25) is 10.0 Å². The Kier molecular flexibility index (Phi) is 8.54. The first-order valence-corrected chi connectivity index (χ1v) is 12.7. The van der Waals surface area contributed by atoms with Gasteiger partial charge in [0.15, 0.2) is 10.8 Å².